The quantitative estimate of drug-likeness (QED) is 0.589. The van der Waals surface area contributed by atoms with Gasteiger partial charge in [0.05, 0.1) is 18.5 Å². The van der Waals surface area contributed by atoms with E-state index in [-0.39, 0.29) is 24.2 Å². The van der Waals surface area contributed by atoms with Crippen LogP contribution in [-0.2, 0) is 10.0 Å². The minimum Gasteiger partial charge on any atom is -0.404 e. The lowest BCUT2D eigenvalue weighted by Crippen LogP contribution is -2.45. The van der Waals surface area contributed by atoms with Gasteiger partial charge in [-0.2, -0.15) is 4.31 Å². The van der Waals surface area contributed by atoms with Crippen molar-refractivity contribution in [3.05, 3.63) is 24.3 Å². The Kier molecular flexibility index (Phi) is 6.34. The lowest BCUT2D eigenvalue weighted by atomic mass is 10.1. The first kappa shape index (κ1) is 20.3. The van der Waals surface area contributed by atoms with Crippen molar-refractivity contribution < 1.29 is 26.3 Å². The summed E-state index contributed by atoms with van der Waals surface area (Å²) < 4.78 is 66.2. The summed E-state index contributed by atoms with van der Waals surface area (Å²) >= 11 is 0. The maximum absolute atomic E-state index is 12.4. The molecule has 3 N–H and O–H groups in total. The van der Waals surface area contributed by atoms with Crippen molar-refractivity contribution in [2.75, 3.05) is 24.7 Å². The first-order valence-electron chi connectivity index (χ1n) is 7.95. The molecule has 1 aromatic carbocycles. The molecule has 146 valence electrons. The van der Waals surface area contributed by atoms with Gasteiger partial charge in [0.25, 0.3) is 0 Å². The predicted molar refractivity (Wildman–Crippen MR) is 92.4 cm³/mol. The van der Waals surface area contributed by atoms with E-state index in [1.54, 1.807) is 0 Å². The smallest absolute Gasteiger partial charge is 0.404 e. The van der Waals surface area contributed by atoms with Crippen LogP contribution in [0.3, 0.4) is 0 Å². The van der Waals surface area contributed by atoms with Crippen LogP contribution in [0.5, 0.6) is 5.75 Å². The Morgan fingerprint density at radius 1 is 1.38 bits per heavy atom. The van der Waals surface area contributed by atoms with Crippen molar-refractivity contribution in [1.29, 1.82) is 0 Å². The lowest BCUT2D eigenvalue weighted by molar-refractivity contribution is -0.274. The molecule has 0 bridgehead atoms. The van der Waals surface area contributed by atoms with Crippen LogP contribution in [0.2, 0.25) is 0 Å². The average Bonchev–Trinajstić information content (AvgIpc) is 2.53. The van der Waals surface area contributed by atoms with E-state index in [1.807, 2.05) is 0 Å². The molecular formula is C15H21F3N4O3S. The molecule has 0 amide bonds. The Bertz CT molecular complexity index is 753. The number of hydrogen-bond acceptors (Lipinski definition) is 4. The van der Waals surface area contributed by atoms with Crippen molar-refractivity contribution in [3.63, 3.8) is 0 Å². The van der Waals surface area contributed by atoms with Crippen LogP contribution in [0.1, 0.15) is 19.3 Å². The standard InChI is InChI=1S/C15H21F3N4O3S/c1-26(23,24)22-9-5-4-6-11(22)10-20-14(19)21-12-7-2-3-8-13(12)25-15(16,17)18/h2-3,7-8,11H,4-6,9-10H2,1H3,(H3,19,20,21). The first-order chi connectivity index (χ1) is 12.1. The maximum atomic E-state index is 12.4. The molecule has 11 heteroatoms. The number of nitrogens with one attached hydrogen (secondary N) is 1. The van der Waals surface area contributed by atoms with E-state index in [4.69, 9.17) is 5.73 Å². The molecule has 0 radical (unpaired) electrons. The first-order valence-corrected chi connectivity index (χ1v) is 9.79. The van der Waals surface area contributed by atoms with Gasteiger partial charge in [0.1, 0.15) is 0 Å². The second kappa shape index (κ2) is 8.12. The number of hydrogen-bond donors (Lipinski definition) is 2. The van der Waals surface area contributed by atoms with Crippen LogP contribution in [0.25, 0.3) is 0 Å². The number of para-hydroxylation sites is 2. The number of nitrogens with zero attached hydrogens (tertiary/aromatic N) is 2. The number of nitrogens with two attached hydrogens (primary N) is 1. The molecule has 1 aliphatic rings. The zero-order valence-corrected chi connectivity index (χ0v) is 15.0. The number of sulfonamides is 1. The predicted octanol–water partition coefficient (Wildman–Crippen LogP) is 2.13. The Morgan fingerprint density at radius 3 is 2.73 bits per heavy atom. The van der Waals surface area contributed by atoms with Crippen molar-refractivity contribution in [3.8, 4) is 5.75 Å². The molecule has 0 aliphatic carbocycles. The van der Waals surface area contributed by atoms with Crippen molar-refractivity contribution in [2.45, 2.75) is 31.7 Å². The van der Waals surface area contributed by atoms with Crippen molar-refractivity contribution >= 4 is 21.7 Å². The molecule has 26 heavy (non-hydrogen) atoms. The van der Waals surface area contributed by atoms with Crippen LogP contribution in [-0.4, -0.2) is 50.4 Å². The summed E-state index contributed by atoms with van der Waals surface area (Å²) in [6, 6.07) is 5.11. The number of halogens is 3. The number of benzene rings is 1. The van der Waals surface area contributed by atoms with Crippen molar-refractivity contribution in [2.24, 2.45) is 10.7 Å². The van der Waals surface area contributed by atoms with Gasteiger partial charge >= 0.3 is 6.36 Å². The van der Waals surface area contributed by atoms with E-state index in [1.165, 1.54) is 22.5 Å². The topological polar surface area (TPSA) is 97.0 Å². The zero-order valence-electron chi connectivity index (χ0n) is 14.2. The fourth-order valence-corrected chi connectivity index (χ4v) is 3.93. The molecule has 1 aliphatic heterocycles. The number of alkyl halides is 3. The number of aliphatic imine (C=N–C) groups is 1. The Labute approximate surface area is 150 Å². The summed E-state index contributed by atoms with van der Waals surface area (Å²) in [6.45, 7) is 0.544. The third-order valence-corrected chi connectivity index (χ3v) is 5.18. The molecule has 1 aromatic rings. The fourth-order valence-electron chi connectivity index (χ4n) is 2.76. The van der Waals surface area contributed by atoms with E-state index < -0.39 is 22.1 Å². The molecule has 7 nitrogen and oxygen atoms in total. The average molecular weight is 394 g/mol. The van der Waals surface area contributed by atoms with E-state index >= 15 is 0 Å². The molecular weight excluding hydrogens is 373 g/mol. The third-order valence-electron chi connectivity index (χ3n) is 3.85. The van der Waals surface area contributed by atoms with E-state index in [2.05, 4.69) is 15.0 Å². The fraction of sp³-hybridized carbons (Fsp3) is 0.533. The van der Waals surface area contributed by atoms with Gasteiger partial charge in [-0.3, -0.25) is 4.99 Å². The monoisotopic (exact) mass is 394 g/mol. The van der Waals surface area contributed by atoms with Gasteiger partial charge < -0.3 is 15.8 Å². The van der Waals surface area contributed by atoms with Crippen LogP contribution in [0, 0.1) is 0 Å². The summed E-state index contributed by atoms with van der Waals surface area (Å²) in [5.74, 6) is -0.559. The van der Waals surface area contributed by atoms with Crippen LogP contribution < -0.4 is 15.8 Å². The molecule has 1 unspecified atom stereocenters. The molecule has 0 aromatic heterocycles. The molecule has 1 heterocycles. The number of piperidine rings is 1. The van der Waals surface area contributed by atoms with Gasteiger partial charge in [0.15, 0.2) is 11.7 Å². The third kappa shape index (κ3) is 6.06. The van der Waals surface area contributed by atoms with Gasteiger partial charge in [-0.05, 0) is 25.0 Å². The second-order valence-corrected chi connectivity index (χ2v) is 7.85. The Balaban J connectivity index is 2.07. The van der Waals surface area contributed by atoms with Gasteiger partial charge in [0, 0.05) is 12.6 Å². The van der Waals surface area contributed by atoms with Gasteiger partial charge in [-0.1, -0.05) is 18.6 Å². The molecule has 1 atom stereocenters. The van der Waals surface area contributed by atoms with Gasteiger partial charge in [-0.15, -0.1) is 13.2 Å². The van der Waals surface area contributed by atoms with Gasteiger partial charge in [0.2, 0.25) is 10.0 Å². The summed E-state index contributed by atoms with van der Waals surface area (Å²) in [7, 11) is -3.35. The highest BCUT2D eigenvalue weighted by Gasteiger charge is 2.32. The molecule has 0 saturated carbocycles. The summed E-state index contributed by atoms with van der Waals surface area (Å²) in [5, 5.41) is 2.56. The highest BCUT2D eigenvalue weighted by molar-refractivity contribution is 7.88. The highest BCUT2D eigenvalue weighted by Crippen LogP contribution is 2.29. The van der Waals surface area contributed by atoms with Crippen molar-refractivity contribution in [1.82, 2.24) is 4.31 Å². The van der Waals surface area contributed by atoms with Crippen LogP contribution in [0.4, 0.5) is 18.9 Å². The van der Waals surface area contributed by atoms with Gasteiger partial charge in [-0.25, -0.2) is 8.42 Å². The maximum Gasteiger partial charge on any atom is 0.573 e. The molecule has 1 fully saturated rings. The molecule has 1 saturated heterocycles. The van der Waals surface area contributed by atoms with Crippen LogP contribution in [0.15, 0.2) is 29.3 Å². The molecule has 0 spiro atoms. The summed E-state index contributed by atoms with van der Waals surface area (Å²) in [5.41, 5.74) is 5.75. The Hall–Kier alpha value is -2.01. The number of guanidine groups is 1. The number of ether oxygens (including phenoxy) is 1. The van der Waals surface area contributed by atoms with E-state index in [0.717, 1.165) is 25.2 Å². The zero-order chi connectivity index (χ0) is 19.4. The summed E-state index contributed by atoms with van der Waals surface area (Å²) in [6.07, 6.45) is -1.38. The Morgan fingerprint density at radius 2 is 2.08 bits per heavy atom. The number of rotatable bonds is 5. The minimum absolute atomic E-state index is 0.00897. The normalized spacial score (nSPS) is 20.0. The summed E-state index contributed by atoms with van der Waals surface area (Å²) in [4.78, 5) is 4.08. The lowest BCUT2D eigenvalue weighted by Gasteiger charge is -2.32. The largest absolute Gasteiger partial charge is 0.573 e. The van der Waals surface area contributed by atoms with E-state index in [9.17, 15) is 21.6 Å². The number of anilines is 1. The second-order valence-electron chi connectivity index (χ2n) is 5.92. The highest BCUT2D eigenvalue weighted by atomic mass is 32.2. The van der Waals surface area contributed by atoms with Crippen LogP contribution >= 0.6 is 0 Å². The molecule has 2 rings (SSSR count). The SMILES string of the molecule is CS(=O)(=O)N1CCCCC1CN=C(N)Nc1ccccc1OC(F)(F)F. The minimum atomic E-state index is -4.83. The van der Waals surface area contributed by atoms with E-state index in [0.29, 0.717) is 13.0 Å².